The van der Waals surface area contributed by atoms with Crippen molar-refractivity contribution in [1.29, 1.82) is 0 Å². The quantitative estimate of drug-likeness (QED) is 0.724. The highest BCUT2D eigenvalue weighted by molar-refractivity contribution is 6.31. The maximum absolute atomic E-state index is 13.2. The van der Waals surface area contributed by atoms with Crippen LogP contribution in [0.25, 0.3) is 0 Å². The van der Waals surface area contributed by atoms with Gasteiger partial charge in [-0.3, -0.25) is 9.78 Å². The average molecular weight is 356 g/mol. The van der Waals surface area contributed by atoms with Crippen LogP contribution < -0.4 is 10.2 Å². The zero-order valence-corrected chi connectivity index (χ0v) is 14.2. The molecule has 126 valence electrons. The summed E-state index contributed by atoms with van der Waals surface area (Å²) in [5.74, 6) is -0.668. The fourth-order valence-electron chi connectivity index (χ4n) is 2.33. The van der Waals surface area contributed by atoms with Crippen molar-refractivity contribution in [3.8, 4) is 0 Å². The number of pyridine rings is 1. The summed E-state index contributed by atoms with van der Waals surface area (Å²) in [7, 11) is 1.71. The van der Waals surface area contributed by atoms with Gasteiger partial charge in [0.1, 0.15) is 5.82 Å². The molecule has 3 aromatic rings. The molecule has 2 aromatic carbocycles. The summed E-state index contributed by atoms with van der Waals surface area (Å²) in [5, 5.41) is 3.08. The highest BCUT2D eigenvalue weighted by atomic mass is 35.5. The van der Waals surface area contributed by atoms with Gasteiger partial charge in [0, 0.05) is 24.6 Å². The monoisotopic (exact) mass is 355 g/mol. The van der Waals surface area contributed by atoms with Crippen molar-refractivity contribution in [3.63, 3.8) is 0 Å². The first-order chi connectivity index (χ1) is 12.0. The zero-order chi connectivity index (χ0) is 17.8. The lowest BCUT2D eigenvalue weighted by molar-refractivity contribution is 0.0992. The molecule has 0 radical (unpaired) electrons. The van der Waals surface area contributed by atoms with Crippen LogP contribution in [0.5, 0.6) is 0 Å². The molecule has 1 N–H and O–H groups in total. The molecule has 0 aliphatic rings. The molecule has 0 aliphatic heterocycles. The van der Waals surface area contributed by atoms with Crippen LogP contribution in [0.1, 0.15) is 10.4 Å². The molecule has 0 atom stereocenters. The van der Waals surface area contributed by atoms with Crippen LogP contribution in [0.3, 0.4) is 0 Å². The van der Waals surface area contributed by atoms with Crippen molar-refractivity contribution in [2.24, 2.45) is 0 Å². The summed E-state index contributed by atoms with van der Waals surface area (Å²) in [6, 6.07) is 15.3. The molecule has 0 bridgehead atoms. The van der Waals surface area contributed by atoms with Gasteiger partial charge >= 0.3 is 0 Å². The number of anilines is 3. The summed E-state index contributed by atoms with van der Waals surface area (Å²) in [5.41, 5.74) is 2.44. The van der Waals surface area contributed by atoms with Gasteiger partial charge in [0.15, 0.2) is 0 Å². The Bertz CT molecular complexity index is 902. The van der Waals surface area contributed by atoms with Crippen LogP contribution in [-0.2, 0) is 0 Å². The number of benzene rings is 2. The van der Waals surface area contributed by atoms with Gasteiger partial charge in [0.2, 0.25) is 0 Å². The van der Waals surface area contributed by atoms with Crippen molar-refractivity contribution >= 4 is 34.6 Å². The van der Waals surface area contributed by atoms with E-state index in [-0.39, 0.29) is 10.9 Å². The maximum atomic E-state index is 13.2. The lowest BCUT2D eigenvalue weighted by atomic mass is 10.2. The van der Waals surface area contributed by atoms with Crippen molar-refractivity contribution in [3.05, 3.63) is 83.4 Å². The van der Waals surface area contributed by atoms with Gasteiger partial charge in [-0.1, -0.05) is 29.8 Å². The first-order valence-corrected chi connectivity index (χ1v) is 7.92. The van der Waals surface area contributed by atoms with E-state index in [9.17, 15) is 9.18 Å². The zero-order valence-electron chi connectivity index (χ0n) is 13.4. The highest BCUT2D eigenvalue weighted by Gasteiger charge is 2.14. The Morgan fingerprint density at radius 2 is 1.84 bits per heavy atom. The number of para-hydroxylation sites is 1. The molecule has 0 saturated carbocycles. The molecule has 1 heterocycles. The summed E-state index contributed by atoms with van der Waals surface area (Å²) in [4.78, 5) is 18.3. The van der Waals surface area contributed by atoms with Gasteiger partial charge in [-0.05, 0) is 36.4 Å². The Kier molecular flexibility index (Phi) is 4.95. The SMILES string of the molecule is CN(C(=O)c1cncc(Nc2ccc(F)c(Cl)c2)c1)c1ccccc1. The number of amides is 1. The van der Waals surface area contributed by atoms with Crippen LogP contribution in [0.15, 0.2) is 67.0 Å². The largest absolute Gasteiger partial charge is 0.354 e. The van der Waals surface area contributed by atoms with Gasteiger partial charge in [-0.2, -0.15) is 0 Å². The lowest BCUT2D eigenvalue weighted by Gasteiger charge is -2.17. The van der Waals surface area contributed by atoms with Crippen molar-refractivity contribution in [1.82, 2.24) is 4.98 Å². The first kappa shape index (κ1) is 16.9. The number of hydrogen-bond donors (Lipinski definition) is 1. The predicted octanol–water partition coefficient (Wildman–Crippen LogP) is 4.89. The molecule has 6 heteroatoms. The second kappa shape index (κ2) is 7.32. The number of nitrogens with one attached hydrogen (secondary N) is 1. The average Bonchev–Trinajstić information content (AvgIpc) is 2.64. The minimum atomic E-state index is -0.487. The lowest BCUT2D eigenvalue weighted by Crippen LogP contribution is -2.26. The standard InChI is InChI=1S/C19H15ClFN3O/c1-24(16-5-3-2-4-6-16)19(25)13-9-15(12-22-11-13)23-14-7-8-18(21)17(20)10-14/h2-12,23H,1H3. The molecule has 0 spiro atoms. The number of hydrogen-bond acceptors (Lipinski definition) is 3. The maximum Gasteiger partial charge on any atom is 0.259 e. The van der Waals surface area contributed by atoms with E-state index in [0.717, 1.165) is 5.69 Å². The molecule has 4 nitrogen and oxygen atoms in total. The third kappa shape index (κ3) is 3.95. The molecule has 0 saturated heterocycles. The molecule has 3 rings (SSSR count). The number of aromatic nitrogens is 1. The Labute approximate surface area is 149 Å². The van der Waals surface area contributed by atoms with Gasteiger partial charge in [0.25, 0.3) is 5.91 Å². The Hall–Kier alpha value is -2.92. The molecule has 0 fully saturated rings. The Morgan fingerprint density at radius 3 is 2.56 bits per heavy atom. The van der Waals surface area contributed by atoms with Crippen LogP contribution in [0.2, 0.25) is 5.02 Å². The van der Waals surface area contributed by atoms with E-state index in [4.69, 9.17) is 11.6 Å². The second-order valence-corrected chi connectivity index (χ2v) is 5.82. The first-order valence-electron chi connectivity index (χ1n) is 7.55. The van der Waals surface area contributed by atoms with Crippen molar-refractivity contribution in [2.45, 2.75) is 0 Å². The number of rotatable bonds is 4. The molecular weight excluding hydrogens is 341 g/mol. The van der Waals surface area contributed by atoms with E-state index in [1.54, 1.807) is 30.3 Å². The fourth-order valence-corrected chi connectivity index (χ4v) is 2.51. The number of carbonyl (C=O) groups excluding carboxylic acids is 1. The van der Waals surface area contributed by atoms with E-state index in [1.807, 2.05) is 30.3 Å². The topological polar surface area (TPSA) is 45.2 Å². The van der Waals surface area contributed by atoms with E-state index >= 15 is 0 Å². The van der Waals surface area contributed by atoms with Gasteiger partial charge in [-0.25, -0.2) is 4.39 Å². The van der Waals surface area contributed by atoms with E-state index in [1.165, 1.54) is 18.3 Å². The van der Waals surface area contributed by atoms with Crippen LogP contribution >= 0.6 is 11.6 Å². The third-order valence-corrected chi connectivity index (χ3v) is 3.93. The summed E-state index contributed by atoms with van der Waals surface area (Å²) < 4.78 is 13.2. The number of nitrogens with zero attached hydrogens (tertiary/aromatic N) is 2. The van der Waals surface area contributed by atoms with Gasteiger partial charge < -0.3 is 10.2 Å². The summed E-state index contributed by atoms with van der Waals surface area (Å²) in [6.07, 6.45) is 3.08. The van der Waals surface area contributed by atoms with Crippen LogP contribution in [-0.4, -0.2) is 17.9 Å². The minimum absolute atomic E-state index is 0.0222. The number of halogens is 2. The number of carbonyl (C=O) groups is 1. The normalized spacial score (nSPS) is 10.4. The van der Waals surface area contributed by atoms with Crippen molar-refractivity contribution < 1.29 is 9.18 Å². The summed E-state index contributed by atoms with van der Waals surface area (Å²) >= 11 is 5.78. The molecule has 0 unspecified atom stereocenters. The van der Waals surface area contributed by atoms with Gasteiger partial charge in [0.05, 0.1) is 22.5 Å². The Balaban J connectivity index is 1.81. The molecule has 1 aromatic heterocycles. The van der Waals surface area contributed by atoms with E-state index in [2.05, 4.69) is 10.3 Å². The van der Waals surface area contributed by atoms with E-state index < -0.39 is 5.82 Å². The Morgan fingerprint density at radius 1 is 1.08 bits per heavy atom. The predicted molar refractivity (Wildman–Crippen MR) is 98.1 cm³/mol. The fraction of sp³-hybridized carbons (Fsp3) is 0.0526. The summed E-state index contributed by atoms with van der Waals surface area (Å²) in [6.45, 7) is 0. The second-order valence-electron chi connectivity index (χ2n) is 5.42. The molecular formula is C19H15ClFN3O. The van der Waals surface area contributed by atoms with Gasteiger partial charge in [-0.15, -0.1) is 0 Å². The minimum Gasteiger partial charge on any atom is -0.354 e. The highest BCUT2D eigenvalue weighted by Crippen LogP contribution is 2.23. The van der Waals surface area contributed by atoms with Crippen LogP contribution in [0.4, 0.5) is 21.5 Å². The molecule has 1 amide bonds. The van der Waals surface area contributed by atoms with Crippen LogP contribution in [0, 0.1) is 5.82 Å². The molecule has 25 heavy (non-hydrogen) atoms. The third-order valence-electron chi connectivity index (χ3n) is 3.64. The smallest absolute Gasteiger partial charge is 0.259 e. The van der Waals surface area contributed by atoms with E-state index in [0.29, 0.717) is 16.9 Å². The van der Waals surface area contributed by atoms with Crippen molar-refractivity contribution in [2.75, 3.05) is 17.3 Å². The molecule has 0 aliphatic carbocycles.